The lowest BCUT2D eigenvalue weighted by atomic mass is 10.0. The van der Waals surface area contributed by atoms with Crippen LogP contribution in [0.5, 0.6) is 0 Å². The lowest BCUT2D eigenvalue weighted by Gasteiger charge is -2.41. The Morgan fingerprint density at radius 1 is 1.09 bits per heavy atom. The molecule has 0 radical (unpaired) electrons. The first-order valence-corrected chi connectivity index (χ1v) is 15.3. The van der Waals surface area contributed by atoms with Crippen molar-refractivity contribution in [1.29, 1.82) is 0 Å². The Morgan fingerprint density at radius 3 is 2.34 bits per heavy atom. The van der Waals surface area contributed by atoms with Crippen molar-refractivity contribution in [2.24, 2.45) is 0 Å². The molecule has 0 saturated heterocycles. The van der Waals surface area contributed by atoms with Crippen molar-refractivity contribution in [3.63, 3.8) is 0 Å². The number of imidazole rings is 1. The summed E-state index contributed by atoms with van der Waals surface area (Å²) in [7, 11) is -0.128. The van der Waals surface area contributed by atoms with Crippen LogP contribution in [0, 0.1) is 0 Å². The molecule has 0 saturated carbocycles. The number of rotatable bonds is 6. The van der Waals surface area contributed by atoms with Gasteiger partial charge >= 0.3 is 6.03 Å². The van der Waals surface area contributed by atoms with E-state index in [2.05, 4.69) is 62.7 Å². The molecule has 2 amide bonds. The van der Waals surface area contributed by atoms with Gasteiger partial charge in [0.1, 0.15) is 0 Å². The quantitative estimate of drug-likeness (QED) is 0.402. The number of fused-ring (bicyclic) bond motifs is 1. The SMILES string of the molecule is CN(C(=O)N1Cc2ncn(Cc3ccccc3)c2C[C@H]1CO[Si](C)(C)C(C)(C)C)c1ccccc1. The molecule has 0 fully saturated rings. The molecule has 0 unspecified atom stereocenters. The van der Waals surface area contributed by atoms with Crippen LogP contribution in [-0.4, -0.2) is 48.5 Å². The number of benzene rings is 2. The van der Waals surface area contributed by atoms with E-state index in [0.29, 0.717) is 13.2 Å². The Kier molecular flexibility index (Phi) is 7.19. The van der Waals surface area contributed by atoms with Gasteiger partial charge in [-0.1, -0.05) is 69.3 Å². The van der Waals surface area contributed by atoms with Gasteiger partial charge in [0.2, 0.25) is 0 Å². The third-order valence-corrected chi connectivity index (χ3v) is 12.0. The minimum atomic E-state index is -1.97. The number of hydrogen-bond donors (Lipinski definition) is 0. The van der Waals surface area contributed by atoms with Crippen LogP contribution in [0.25, 0.3) is 0 Å². The van der Waals surface area contributed by atoms with Crippen molar-refractivity contribution in [3.8, 4) is 0 Å². The fraction of sp³-hybridized carbons (Fsp3) is 0.429. The smallest absolute Gasteiger partial charge is 0.324 e. The highest BCUT2D eigenvalue weighted by molar-refractivity contribution is 6.74. The van der Waals surface area contributed by atoms with Crippen molar-refractivity contribution < 1.29 is 9.22 Å². The van der Waals surface area contributed by atoms with Crippen LogP contribution >= 0.6 is 0 Å². The van der Waals surface area contributed by atoms with E-state index in [1.54, 1.807) is 4.90 Å². The summed E-state index contributed by atoms with van der Waals surface area (Å²) < 4.78 is 8.87. The first kappa shape index (κ1) is 25.2. The Labute approximate surface area is 210 Å². The number of carbonyl (C=O) groups excluding carboxylic acids is 1. The van der Waals surface area contributed by atoms with Crippen LogP contribution in [0.4, 0.5) is 10.5 Å². The van der Waals surface area contributed by atoms with Crippen molar-refractivity contribution in [3.05, 3.63) is 83.9 Å². The Morgan fingerprint density at radius 2 is 1.71 bits per heavy atom. The van der Waals surface area contributed by atoms with Crippen molar-refractivity contribution in [2.75, 3.05) is 18.6 Å². The minimum Gasteiger partial charge on any atom is -0.415 e. The average molecular weight is 491 g/mol. The van der Waals surface area contributed by atoms with Crippen LogP contribution in [0.15, 0.2) is 67.0 Å². The molecule has 0 spiro atoms. The maximum Gasteiger partial charge on any atom is 0.324 e. The molecule has 0 aliphatic carbocycles. The molecule has 1 aromatic heterocycles. The van der Waals surface area contributed by atoms with Gasteiger partial charge < -0.3 is 13.9 Å². The number of anilines is 1. The molecule has 1 aliphatic rings. The number of nitrogens with zero attached hydrogens (tertiary/aromatic N) is 4. The zero-order valence-electron chi connectivity index (χ0n) is 21.9. The highest BCUT2D eigenvalue weighted by atomic mass is 28.4. The predicted molar refractivity (Wildman–Crippen MR) is 144 cm³/mol. The van der Waals surface area contributed by atoms with Gasteiger partial charge in [0.05, 0.1) is 31.2 Å². The van der Waals surface area contributed by atoms with Crippen LogP contribution in [0.3, 0.4) is 0 Å². The lowest BCUT2D eigenvalue weighted by molar-refractivity contribution is 0.126. The largest absolute Gasteiger partial charge is 0.415 e. The minimum absolute atomic E-state index is 0.0247. The van der Waals surface area contributed by atoms with E-state index in [-0.39, 0.29) is 17.1 Å². The highest BCUT2D eigenvalue weighted by Gasteiger charge is 2.40. The molecule has 7 heteroatoms. The van der Waals surface area contributed by atoms with Crippen LogP contribution < -0.4 is 4.90 Å². The fourth-order valence-corrected chi connectivity index (χ4v) is 5.25. The molecule has 0 bridgehead atoms. The van der Waals surface area contributed by atoms with Crippen molar-refractivity contribution >= 4 is 20.0 Å². The maximum atomic E-state index is 13.7. The summed E-state index contributed by atoms with van der Waals surface area (Å²) >= 11 is 0. The fourth-order valence-electron chi connectivity index (χ4n) is 4.21. The average Bonchev–Trinajstić information content (AvgIpc) is 3.23. The number of para-hydroxylation sites is 1. The lowest BCUT2D eigenvalue weighted by Crippen LogP contribution is -2.53. The molecule has 2 aromatic carbocycles. The van der Waals surface area contributed by atoms with E-state index in [4.69, 9.17) is 9.41 Å². The molecule has 2 heterocycles. The van der Waals surface area contributed by atoms with E-state index in [0.717, 1.165) is 24.3 Å². The summed E-state index contributed by atoms with van der Waals surface area (Å²) in [5.74, 6) is 0. The molecule has 1 aliphatic heterocycles. The number of carbonyl (C=O) groups is 1. The second kappa shape index (κ2) is 9.99. The van der Waals surface area contributed by atoms with Crippen LogP contribution in [0.2, 0.25) is 18.1 Å². The van der Waals surface area contributed by atoms with Crippen molar-refractivity contribution in [2.45, 2.75) is 64.5 Å². The summed E-state index contributed by atoms with van der Waals surface area (Å²) in [4.78, 5) is 22.1. The van der Waals surface area contributed by atoms with Gasteiger partial charge in [0, 0.05) is 31.4 Å². The molecular formula is C28H38N4O2Si. The van der Waals surface area contributed by atoms with Crippen LogP contribution in [0.1, 0.15) is 37.7 Å². The van der Waals surface area contributed by atoms with Gasteiger partial charge in [-0.3, -0.25) is 4.90 Å². The Balaban J connectivity index is 1.61. The van der Waals surface area contributed by atoms with Gasteiger partial charge in [0.15, 0.2) is 8.32 Å². The van der Waals surface area contributed by atoms with Gasteiger partial charge in [0.25, 0.3) is 0 Å². The summed E-state index contributed by atoms with van der Waals surface area (Å²) in [5, 5.41) is 0.109. The van der Waals surface area contributed by atoms with E-state index < -0.39 is 8.32 Å². The molecule has 6 nitrogen and oxygen atoms in total. The predicted octanol–water partition coefficient (Wildman–Crippen LogP) is 5.94. The molecular weight excluding hydrogens is 452 g/mol. The standard InChI is InChI=1S/C28H38N4O2Si/c1-28(2,3)35(5,6)34-20-24-17-26-25(29-21-31(26)18-22-13-9-7-10-14-22)19-32(24)27(33)30(4)23-15-11-8-12-16-23/h7-16,21,24H,17-20H2,1-6H3/t24-/m0/s1. The number of amides is 2. The summed E-state index contributed by atoms with van der Waals surface area (Å²) in [6, 6.07) is 20.2. The van der Waals surface area contributed by atoms with Crippen molar-refractivity contribution in [1.82, 2.24) is 14.5 Å². The number of hydrogen-bond acceptors (Lipinski definition) is 3. The first-order valence-electron chi connectivity index (χ1n) is 12.4. The first-order chi connectivity index (χ1) is 16.6. The summed E-state index contributed by atoms with van der Waals surface area (Å²) in [6.07, 6.45) is 2.64. The Bertz CT molecular complexity index is 1140. The van der Waals surface area contributed by atoms with Gasteiger partial charge in [-0.2, -0.15) is 0 Å². The molecule has 4 rings (SSSR count). The number of aromatic nitrogens is 2. The van der Waals surface area contributed by atoms with Crippen LogP contribution in [-0.2, 0) is 23.9 Å². The second-order valence-electron chi connectivity index (χ2n) is 11.0. The number of urea groups is 1. The molecule has 1 atom stereocenters. The molecule has 3 aromatic rings. The van der Waals surface area contributed by atoms with E-state index in [9.17, 15) is 4.79 Å². The van der Waals surface area contributed by atoms with E-state index >= 15 is 0 Å². The normalized spacial score (nSPS) is 16.2. The van der Waals surface area contributed by atoms with Gasteiger partial charge in [-0.05, 0) is 35.8 Å². The highest BCUT2D eigenvalue weighted by Crippen LogP contribution is 2.37. The second-order valence-corrected chi connectivity index (χ2v) is 15.8. The monoisotopic (exact) mass is 490 g/mol. The van der Waals surface area contributed by atoms with E-state index in [1.165, 1.54) is 11.3 Å². The summed E-state index contributed by atoms with van der Waals surface area (Å²) in [6.45, 7) is 13.1. The molecule has 35 heavy (non-hydrogen) atoms. The van der Waals surface area contributed by atoms with Gasteiger partial charge in [-0.15, -0.1) is 0 Å². The van der Waals surface area contributed by atoms with E-state index in [1.807, 2.05) is 54.7 Å². The topological polar surface area (TPSA) is 50.6 Å². The maximum absolute atomic E-state index is 13.7. The Hall–Kier alpha value is -2.90. The molecule has 186 valence electrons. The van der Waals surface area contributed by atoms with Gasteiger partial charge in [-0.25, -0.2) is 9.78 Å². The third-order valence-electron chi connectivity index (χ3n) is 7.54. The third kappa shape index (κ3) is 5.51. The zero-order valence-corrected chi connectivity index (χ0v) is 22.9. The molecule has 0 N–H and O–H groups in total. The summed E-state index contributed by atoms with van der Waals surface area (Å²) in [5.41, 5.74) is 4.29. The zero-order chi connectivity index (χ0) is 25.2.